The summed E-state index contributed by atoms with van der Waals surface area (Å²) in [5.74, 6) is 0.802. The number of hydrogen-bond donors (Lipinski definition) is 1. The van der Waals surface area contributed by atoms with E-state index in [-0.39, 0.29) is 30.1 Å². The standard InChI is InChI=1S/C19H23N3O4/c1-5-6-10(2)15-7-11(3)16(19(25)26-15)18(24)22-8-13-14(9-22)20-12(4)21-17(13)23/h7,10H,5-6,8-9H2,1-4H3,(H,20,21,23). The monoisotopic (exact) mass is 357 g/mol. The molecule has 3 heterocycles. The molecule has 2 aromatic rings. The Morgan fingerprint density at radius 2 is 2.08 bits per heavy atom. The Morgan fingerprint density at radius 3 is 2.73 bits per heavy atom. The zero-order valence-corrected chi connectivity index (χ0v) is 15.5. The van der Waals surface area contributed by atoms with Crippen LogP contribution >= 0.6 is 0 Å². The van der Waals surface area contributed by atoms with Gasteiger partial charge in [0.25, 0.3) is 11.5 Å². The van der Waals surface area contributed by atoms with Crippen molar-refractivity contribution in [1.82, 2.24) is 14.9 Å². The first-order chi connectivity index (χ1) is 12.3. The number of carbonyl (C=O) groups excluding carboxylic acids is 1. The lowest BCUT2D eigenvalue weighted by atomic mass is 10.0. The van der Waals surface area contributed by atoms with Crippen LogP contribution in [0.15, 0.2) is 20.1 Å². The number of aryl methyl sites for hydroxylation is 2. The van der Waals surface area contributed by atoms with Crippen molar-refractivity contribution in [2.75, 3.05) is 0 Å². The van der Waals surface area contributed by atoms with Crippen LogP contribution < -0.4 is 11.2 Å². The highest BCUT2D eigenvalue weighted by atomic mass is 16.4. The summed E-state index contributed by atoms with van der Waals surface area (Å²) < 4.78 is 5.42. The maximum atomic E-state index is 12.9. The van der Waals surface area contributed by atoms with Crippen LogP contribution in [0, 0.1) is 13.8 Å². The molecule has 0 saturated carbocycles. The molecule has 3 rings (SSSR count). The molecule has 1 aliphatic rings. The summed E-state index contributed by atoms with van der Waals surface area (Å²) in [5.41, 5.74) is 0.808. The normalized spacial score (nSPS) is 14.4. The number of fused-ring (bicyclic) bond motifs is 1. The van der Waals surface area contributed by atoms with Gasteiger partial charge in [-0.3, -0.25) is 9.59 Å². The highest BCUT2D eigenvalue weighted by Gasteiger charge is 2.31. The van der Waals surface area contributed by atoms with Crippen molar-refractivity contribution in [3.63, 3.8) is 0 Å². The van der Waals surface area contributed by atoms with Gasteiger partial charge in [0.2, 0.25) is 0 Å². The van der Waals surface area contributed by atoms with E-state index >= 15 is 0 Å². The maximum Gasteiger partial charge on any atom is 0.349 e. The molecule has 26 heavy (non-hydrogen) atoms. The molecule has 7 nitrogen and oxygen atoms in total. The summed E-state index contributed by atoms with van der Waals surface area (Å²) in [5, 5.41) is 0. The van der Waals surface area contributed by atoms with Crippen LogP contribution in [0.3, 0.4) is 0 Å². The number of nitrogens with one attached hydrogen (secondary N) is 1. The van der Waals surface area contributed by atoms with E-state index in [0.717, 1.165) is 12.8 Å². The first-order valence-electron chi connectivity index (χ1n) is 8.84. The molecule has 0 saturated heterocycles. The van der Waals surface area contributed by atoms with Crippen LogP contribution in [0.2, 0.25) is 0 Å². The van der Waals surface area contributed by atoms with Gasteiger partial charge in [0.1, 0.15) is 17.1 Å². The molecule has 0 aliphatic carbocycles. The van der Waals surface area contributed by atoms with Gasteiger partial charge in [-0.1, -0.05) is 20.3 Å². The molecule has 1 N–H and O–H groups in total. The molecule has 1 atom stereocenters. The molecule has 1 unspecified atom stereocenters. The van der Waals surface area contributed by atoms with E-state index in [4.69, 9.17) is 4.42 Å². The predicted octanol–water partition coefficient (Wildman–Crippen LogP) is 2.40. The topological polar surface area (TPSA) is 96.3 Å². The molecule has 7 heteroatoms. The minimum Gasteiger partial charge on any atom is -0.427 e. The van der Waals surface area contributed by atoms with Crippen LogP contribution in [0.5, 0.6) is 0 Å². The van der Waals surface area contributed by atoms with Gasteiger partial charge in [-0.15, -0.1) is 0 Å². The highest BCUT2D eigenvalue weighted by Crippen LogP contribution is 2.24. The van der Waals surface area contributed by atoms with Gasteiger partial charge < -0.3 is 14.3 Å². The third-order valence-electron chi connectivity index (χ3n) is 4.79. The number of aromatic nitrogens is 2. The zero-order chi connectivity index (χ0) is 19.0. The maximum absolute atomic E-state index is 12.9. The van der Waals surface area contributed by atoms with Gasteiger partial charge in [0.15, 0.2) is 0 Å². The van der Waals surface area contributed by atoms with Crippen LogP contribution in [0.1, 0.15) is 71.4 Å². The molecule has 138 valence electrons. The highest BCUT2D eigenvalue weighted by molar-refractivity contribution is 5.95. The second-order valence-electron chi connectivity index (χ2n) is 6.92. The van der Waals surface area contributed by atoms with E-state index in [1.54, 1.807) is 19.9 Å². The van der Waals surface area contributed by atoms with E-state index < -0.39 is 11.5 Å². The lowest BCUT2D eigenvalue weighted by Gasteiger charge is -2.16. The van der Waals surface area contributed by atoms with Crippen molar-refractivity contribution in [1.29, 1.82) is 0 Å². The van der Waals surface area contributed by atoms with Crippen LogP contribution in [-0.2, 0) is 13.1 Å². The Balaban J connectivity index is 1.91. The van der Waals surface area contributed by atoms with Gasteiger partial charge >= 0.3 is 5.63 Å². The van der Waals surface area contributed by atoms with E-state index in [1.807, 2.05) is 6.92 Å². The Morgan fingerprint density at radius 1 is 1.35 bits per heavy atom. The van der Waals surface area contributed by atoms with Gasteiger partial charge in [-0.25, -0.2) is 9.78 Å². The SMILES string of the molecule is CCCC(C)c1cc(C)c(C(=O)N2Cc3nc(C)[nH]c(=O)c3C2)c(=O)o1. The fourth-order valence-corrected chi connectivity index (χ4v) is 3.40. The largest absolute Gasteiger partial charge is 0.427 e. The van der Waals surface area contributed by atoms with Crippen molar-refractivity contribution in [3.05, 3.63) is 60.8 Å². The predicted molar refractivity (Wildman–Crippen MR) is 96.2 cm³/mol. The van der Waals surface area contributed by atoms with Crippen molar-refractivity contribution in [2.24, 2.45) is 0 Å². The van der Waals surface area contributed by atoms with Crippen molar-refractivity contribution >= 4 is 5.91 Å². The first-order valence-corrected chi connectivity index (χ1v) is 8.84. The van der Waals surface area contributed by atoms with Gasteiger partial charge in [0, 0.05) is 5.92 Å². The molecular formula is C19H23N3O4. The molecule has 0 fully saturated rings. The lowest BCUT2D eigenvalue weighted by molar-refractivity contribution is 0.0744. The fraction of sp³-hybridized carbons (Fsp3) is 0.474. The Labute approximate surface area is 151 Å². The molecule has 0 bridgehead atoms. The van der Waals surface area contributed by atoms with E-state index in [2.05, 4.69) is 16.9 Å². The number of aromatic amines is 1. The molecule has 2 aromatic heterocycles. The van der Waals surface area contributed by atoms with Crippen molar-refractivity contribution < 1.29 is 9.21 Å². The zero-order valence-electron chi connectivity index (χ0n) is 15.5. The lowest BCUT2D eigenvalue weighted by Crippen LogP contribution is -2.31. The molecule has 0 radical (unpaired) electrons. The second kappa shape index (κ2) is 6.90. The van der Waals surface area contributed by atoms with Gasteiger partial charge in [-0.2, -0.15) is 0 Å². The number of rotatable bonds is 4. The fourth-order valence-electron chi connectivity index (χ4n) is 3.40. The smallest absolute Gasteiger partial charge is 0.349 e. The van der Waals surface area contributed by atoms with E-state index in [0.29, 0.717) is 28.4 Å². The van der Waals surface area contributed by atoms with Crippen LogP contribution in [-0.4, -0.2) is 20.8 Å². The minimum atomic E-state index is -0.623. The summed E-state index contributed by atoms with van der Waals surface area (Å²) in [6.45, 7) is 7.86. The average Bonchev–Trinajstić information content (AvgIpc) is 2.98. The third-order valence-corrected chi connectivity index (χ3v) is 4.79. The summed E-state index contributed by atoms with van der Waals surface area (Å²) in [6.07, 6.45) is 1.89. The van der Waals surface area contributed by atoms with Crippen LogP contribution in [0.4, 0.5) is 0 Å². The van der Waals surface area contributed by atoms with Gasteiger partial charge in [0.05, 0.1) is 24.3 Å². The summed E-state index contributed by atoms with van der Waals surface area (Å²) in [6, 6.07) is 1.77. The number of carbonyl (C=O) groups is 1. The van der Waals surface area contributed by atoms with E-state index in [9.17, 15) is 14.4 Å². The summed E-state index contributed by atoms with van der Waals surface area (Å²) >= 11 is 0. The average molecular weight is 357 g/mol. The number of H-pyrrole nitrogens is 1. The summed E-state index contributed by atoms with van der Waals surface area (Å²) in [7, 11) is 0. The van der Waals surface area contributed by atoms with Crippen LogP contribution in [0.25, 0.3) is 0 Å². The molecule has 1 amide bonds. The minimum absolute atomic E-state index is 0.0263. The first kappa shape index (κ1) is 18.1. The van der Waals surface area contributed by atoms with E-state index in [1.165, 1.54) is 4.90 Å². The third kappa shape index (κ3) is 3.21. The number of hydrogen-bond acceptors (Lipinski definition) is 5. The second-order valence-corrected chi connectivity index (χ2v) is 6.92. The summed E-state index contributed by atoms with van der Waals surface area (Å²) in [4.78, 5) is 45.8. The number of amides is 1. The molecule has 1 aliphatic heterocycles. The van der Waals surface area contributed by atoms with Crippen molar-refractivity contribution in [2.45, 2.75) is 59.5 Å². The van der Waals surface area contributed by atoms with Crippen molar-refractivity contribution in [3.8, 4) is 0 Å². The quantitative estimate of drug-likeness (QED) is 0.906. The Bertz CT molecular complexity index is 974. The Kier molecular flexibility index (Phi) is 4.80. The Hall–Kier alpha value is -2.70. The molecule has 0 aromatic carbocycles. The van der Waals surface area contributed by atoms with Gasteiger partial charge in [-0.05, 0) is 31.9 Å². The molecular weight excluding hydrogens is 334 g/mol. The number of nitrogens with zero attached hydrogens (tertiary/aromatic N) is 2. The molecule has 0 spiro atoms.